The van der Waals surface area contributed by atoms with Gasteiger partial charge >= 0.3 is 0 Å². The third-order valence-electron chi connectivity index (χ3n) is 2.52. The summed E-state index contributed by atoms with van der Waals surface area (Å²) < 4.78 is 13.5. The van der Waals surface area contributed by atoms with Gasteiger partial charge in [0.1, 0.15) is 16.6 Å². The van der Waals surface area contributed by atoms with Crippen LogP contribution in [0.2, 0.25) is 5.02 Å². The molecular formula is C13H9ClFNO2. The molecule has 92 valence electrons. The van der Waals surface area contributed by atoms with E-state index < -0.39 is 11.6 Å². The number of benzene rings is 2. The van der Waals surface area contributed by atoms with E-state index in [9.17, 15) is 14.3 Å². The number of nitrogen functional groups attached to an aromatic ring is 1. The first-order valence-corrected chi connectivity index (χ1v) is 5.46. The smallest absolute Gasteiger partial charge is 0.198 e. The Kier molecular flexibility index (Phi) is 3.21. The van der Waals surface area contributed by atoms with Gasteiger partial charge in [-0.3, -0.25) is 4.79 Å². The van der Waals surface area contributed by atoms with Crippen molar-refractivity contribution in [2.75, 3.05) is 5.73 Å². The van der Waals surface area contributed by atoms with Crippen LogP contribution in [0.3, 0.4) is 0 Å². The molecule has 0 aromatic heterocycles. The fourth-order valence-electron chi connectivity index (χ4n) is 1.57. The van der Waals surface area contributed by atoms with Crippen LogP contribution in [0.1, 0.15) is 15.9 Å². The second-order valence-corrected chi connectivity index (χ2v) is 4.05. The molecule has 3 N–H and O–H groups in total. The molecule has 0 unspecified atom stereocenters. The number of anilines is 1. The molecule has 2 aromatic carbocycles. The number of rotatable bonds is 2. The number of phenolic OH excluding ortho intramolecular Hbond substituents is 1. The van der Waals surface area contributed by atoms with Gasteiger partial charge in [-0.1, -0.05) is 23.7 Å². The lowest BCUT2D eigenvalue weighted by Gasteiger charge is -2.08. The van der Waals surface area contributed by atoms with E-state index in [-0.39, 0.29) is 27.6 Å². The molecule has 18 heavy (non-hydrogen) atoms. The zero-order valence-corrected chi connectivity index (χ0v) is 9.91. The number of nitrogens with two attached hydrogens (primary N) is 1. The van der Waals surface area contributed by atoms with Crippen LogP contribution in [0.5, 0.6) is 5.75 Å². The maximum atomic E-state index is 13.5. The summed E-state index contributed by atoms with van der Waals surface area (Å²) in [5, 5.41) is 9.22. The first-order valence-electron chi connectivity index (χ1n) is 5.08. The van der Waals surface area contributed by atoms with Crippen molar-refractivity contribution >= 4 is 23.1 Å². The number of hydrogen-bond acceptors (Lipinski definition) is 3. The van der Waals surface area contributed by atoms with Crippen LogP contribution in [0.25, 0.3) is 0 Å². The molecule has 0 spiro atoms. The van der Waals surface area contributed by atoms with E-state index in [0.29, 0.717) is 0 Å². The molecule has 0 heterocycles. The highest BCUT2D eigenvalue weighted by Crippen LogP contribution is 2.33. The SMILES string of the molecule is Nc1c(C(=O)c2ccccc2F)ccc(O)c1Cl. The maximum Gasteiger partial charge on any atom is 0.198 e. The van der Waals surface area contributed by atoms with Gasteiger partial charge in [-0.25, -0.2) is 4.39 Å². The van der Waals surface area contributed by atoms with Crippen molar-refractivity contribution in [2.45, 2.75) is 0 Å². The summed E-state index contributed by atoms with van der Waals surface area (Å²) >= 11 is 5.73. The van der Waals surface area contributed by atoms with Crippen LogP contribution in [0.15, 0.2) is 36.4 Å². The third-order valence-corrected chi connectivity index (χ3v) is 2.92. The van der Waals surface area contributed by atoms with Crippen LogP contribution >= 0.6 is 11.6 Å². The van der Waals surface area contributed by atoms with E-state index in [1.807, 2.05) is 0 Å². The summed E-state index contributed by atoms with van der Waals surface area (Å²) in [6, 6.07) is 8.13. The molecule has 0 amide bonds. The van der Waals surface area contributed by atoms with Gasteiger partial charge in [-0.2, -0.15) is 0 Å². The van der Waals surface area contributed by atoms with Gasteiger partial charge in [-0.15, -0.1) is 0 Å². The largest absolute Gasteiger partial charge is 0.506 e. The summed E-state index contributed by atoms with van der Waals surface area (Å²) in [5.41, 5.74) is 5.54. The minimum absolute atomic E-state index is 0.0582. The highest BCUT2D eigenvalue weighted by Gasteiger charge is 2.18. The summed E-state index contributed by atoms with van der Waals surface area (Å²) in [4.78, 5) is 12.1. The van der Waals surface area contributed by atoms with Gasteiger partial charge in [0.05, 0.1) is 11.3 Å². The average molecular weight is 266 g/mol. The minimum Gasteiger partial charge on any atom is -0.506 e. The summed E-state index contributed by atoms with van der Waals surface area (Å²) in [7, 11) is 0. The Morgan fingerprint density at radius 1 is 1.17 bits per heavy atom. The van der Waals surface area contributed by atoms with Crippen molar-refractivity contribution in [1.82, 2.24) is 0 Å². The molecular weight excluding hydrogens is 257 g/mol. The Balaban J connectivity index is 2.54. The average Bonchev–Trinajstić information content (AvgIpc) is 2.36. The highest BCUT2D eigenvalue weighted by atomic mass is 35.5. The summed E-state index contributed by atoms with van der Waals surface area (Å²) in [6.45, 7) is 0. The van der Waals surface area contributed by atoms with Crippen LogP contribution in [-0.2, 0) is 0 Å². The highest BCUT2D eigenvalue weighted by molar-refractivity contribution is 6.35. The molecule has 0 saturated carbocycles. The lowest BCUT2D eigenvalue weighted by molar-refractivity contribution is 0.103. The number of carbonyl (C=O) groups is 1. The number of ketones is 1. The monoisotopic (exact) mass is 265 g/mol. The third kappa shape index (κ3) is 2.02. The molecule has 0 aliphatic heterocycles. The quantitative estimate of drug-likeness (QED) is 0.648. The van der Waals surface area contributed by atoms with Gasteiger partial charge in [-0.05, 0) is 24.3 Å². The molecule has 0 atom stereocenters. The fraction of sp³-hybridized carbons (Fsp3) is 0. The molecule has 2 aromatic rings. The Morgan fingerprint density at radius 3 is 2.50 bits per heavy atom. The number of aromatic hydroxyl groups is 1. The van der Waals surface area contributed by atoms with E-state index in [4.69, 9.17) is 17.3 Å². The Hall–Kier alpha value is -2.07. The molecule has 2 rings (SSSR count). The van der Waals surface area contributed by atoms with Gasteiger partial charge in [0, 0.05) is 5.56 Å². The normalized spacial score (nSPS) is 10.3. The van der Waals surface area contributed by atoms with Crippen molar-refractivity contribution in [3.63, 3.8) is 0 Å². The number of hydrogen-bond donors (Lipinski definition) is 2. The first kappa shape index (κ1) is 12.4. The first-order chi connectivity index (χ1) is 8.52. The minimum atomic E-state index is -0.633. The molecule has 0 fully saturated rings. The molecule has 5 heteroatoms. The van der Waals surface area contributed by atoms with Crippen molar-refractivity contribution < 1.29 is 14.3 Å². The molecule has 3 nitrogen and oxygen atoms in total. The summed E-state index contributed by atoms with van der Waals surface area (Å²) in [6.07, 6.45) is 0. The van der Waals surface area contributed by atoms with Gasteiger partial charge in [0.25, 0.3) is 0 Å². The van der Waals surface area contributed by atoms with E-state index in [1.165, 1.54) is 30.3 Å². The molecule has 0 aliphatic carbocycles. The van der Waals surface area contributed by atoms with Gasteiger partial charge in [0.2, 0.25) is 0 Å². The standard InChI is InChI=1S/C13H9ClFNO2/c14-11-10(17)6-5-8(12(11)16)13(18)7-3-1-2-4-9(7)15/h1-6,17H,16H2. The van der Waals surface area contributed by atoms with E-state index >= 15 is 0 Å². The van der Waals surface area contributed by atoms with Crippen LogP contribution < -0.4 is 5.73 Å². The van der Waals surface area contributed by atoms with Crippen molar-refractivity contribution in [1.29, 1.82) is 0 Å². The van der Waals surface area contributed by atoms with Crippen LogP contribution in [0.4, 0.5) is 10.1 Å². The lowest BCUT2D eigenvalue weighted by Crippen LogP contribution is -2.07. The van der Waals surface area contributed by atoms with Gasteiger partial charge < -0.3 is 10.8 Å². The maximum absolute atomic E-state index is 13.5. The van der Waals surface area contributed by atoms with Crippen molar-refractivity contribution in [3.05, 3.63) is 58.4 Å². The van der Waals surface area contributed by atoms with Crippen LogP contribution in [0, 0.1) is 5.82 Å². The number of halogens is 2. The van der Waals surface area contributed by atoms with Gasteiger partial charge in [0.15, 0.2) is 5.78 Å². The Labute approximate surface area is 108 Å². The summed E-state index contributed by atoms with van der Waals surface area (Å²) in [5.74, 6) is -1.43. The Morgan fingerprint density at radius 2 is 1.83 bits per heavy atom. The van der Waals surface area contributed by atoms with Crippen LogP contribution in [-0.4, -0.2) is 10.9 Å². The fourth-order valence-corrected chi connectivity index (χ4v) is 1.73. The van der Waals surface area contributed by atoms with Crippen molar-refractivity contribution in [2.24, 2.45) is 0 Å². The molecule has 0 bridgehead atoms. The van der Waals surface area contributed by atoms with E-state index in [1.54, 1.807) is 6.07 Å². The predicted molar refractivity (Wildman–Crippen MR) is 67.4 cm³/mol. The predicted octanol–water partition coefficient (Wildman–Crippen LogP) is 3.00. The second-order valence-electron chi connectivity index (χ2n) is 3.67. The second kappa shape index (κ2) is 4.66. The van der Waals surface area contributed by atoms with E-state index in [0.717, 1.165) is 0 Å². The lowest BCUT2D eigenvalue weighted by atomic mass is 10.0. The zero-order valence-electron chi connectivity index (χ0n) is 9.15. The van der Waals surface area contributed by atoms with Crippen molar-refractivity contribution in [3.8, 4) is 5.75 Å². The molecule has 0 saturated heterocycles. The Bertz CT molecular complexity index is 628. The number of carbonyl (C=O) groups excluding carboxylic acids is 1. The van der Waals surface area contributed by atoms with E-state index in [2.05, 4.69) is 0 Å². The molecule has 0 radical (unpaired) electrons. The topological polar surface area (TPSA) is 63.3 Å². The zero-order chi connectivity index (χ0) is 13.3. The molecule has 0 aliphatic rings. The number of phenols is 1.